The summed E-state index contributed by atoms with van der Waals surface area (Å²) >= 11 is 0. The zero-order chi connectivity index (χ0) is 40.7. The molecule has 60 heavy (non-hydrogen) atoms. The van der Waals surface area contributed by atoms with Crippen LogP contribution in [-0.2, 0) is 13.7 Å². The first kappa shape index (κ1) is 37.9. The Morgan fingerprint density at radius 2 is 0.417 bits per heavy atom. The van der Waals surface area contributed by atoms with Gasteiger partial charge in [-0.2, -0.15) is 0 Å². The number of rotatable bonds is 9. The lowest BCUT2D eigenvalue weighted by Gasteiger charge is -2.28. The smallest absolute Gasteiger partial charge is 0.171 e. The summed E-state index contributed by atoms with van der Waals surface area (Å²) in [5.41, 5.74) is 0. The summed E-state index contributed by atoms with van der Waals surface area (Å²) in [6, 6.07) is 76.3. The zero-order valence-corrected chi connectivity index (χ0v) is 35.3. The molecule has 10 aromatic carbocycles. The maximum atomic E-state index is 16.7. The monoisotopic (exact) mass is 828 g/mol. The molecule has 10 aromatic rings. The van der Waals surface area contributed by atoms with Crippen molar-refractivity contribution in [2.45, 2.75) is 0 Å². The third-order valence-electron chi connectivity index (χ3n) is 11.6. The Morgan fingerprint density at radius 3 is 0.683 bits per heavy atom. The molecule has 3 atom stereocenters. The van der Waals surface area contributed by atoms with Crippen LogP contribution in [0.1, 0.15) is 0 Å². The summed E-state index contributed by atoms with van der Waals surface area (Å²) < 4.78 is 50.2. The molecule has 0 aliphatic heterocycles. The number of hydrogen-bond donors (Lipinski definition) is 0. The number of fused-ring (bicyclic) bond motifs is 3. The van der Waals surface area contributed by atoms with Gasteiger partial charge in [-0.1, -0.05) is 200 Å². The molecule has 0 saturated heterocycles. The lowest BCUT2D eigenvalue weighted by molar-refractivity contribution is 0.592. The fourth-order valence-electron chi connectivity index (χ4n) is 8.50. The molecule has 0 spiro atoms. The molecule has 0 heterocycles. The van der Waals surface area contributed by atoms with E-state index in [4.69, 9.17) is 0 Å². The second-order valence-electron chi connectivity index (χ2n) is 15.1. The van der Waals surface area contributed by atoms with Crippen LogP contribution in [0.3, 0.4) is 0 Å². The summed E-state index contributed by atoms with van der Waals surface area (Å²) in [5.74, 6) is 0. The molecule has 6 heteroatoms. The average molecular weight is 829 g/mol. The van der Waals surface area contributed by atoms with Gasteiger partial charge in [0.1, 0.15) is 0 Å². The van der Waals surface area contributed by atoms with Gasteiger partial charge < -0.3 is 13.7 Å². The van der Waals surface area contributed by atoms with Gasteiger partial charge >= 0.3 is 0 Å². The number of hydrogen-bond acceptors (Lipinski definition) is 3. The van der Waals surface area contributed by atoms with E-state index in [1.165, 1.54) is 0 Å². The van der Waals surface area contributed by atoms with E-state index in [9.17, 15) is 0 Å². The lowest BCUT2D eigenvalue weighted by atomic mass is 10.1. The average Bonchev–Trinajstić information content (AvgIpc) is 3.33. The molecule has 0 aliphatic carbocycles. The van der Waals surface area contributed by atoms with Crippen molar-refractivity contribution in [2.24, 2.45) is 0 Å². The molecule has 0 N–H and O–H groups in total. The fourth-order valence-corrected chi connectivity index (χ4v) is 17.0. The van der Waals surface area contributed by atoms with Crippen LogP contribution in [0.2, 0.25) is 0 Å². The van der Waals surface area contributed by atoms with Gasteiger partial charge in [0, 0.05) is 47.7 Å². The Morgan fingerprint density at radius 1 is 0.183 bits per heavy atom. The van der Waals surface area contributed by atoms with Crippen molar-refractivity contribution in [3.63, 3.8) is 0 Å². The molecule has 0 saturated carbocycles. The minimum atomic E-state index is -3.76. The topological polar surface area (TPSA) is 51.2 Å². The molecule has 288 valence electrons. The Hall–Kier alpha value is -6.33. The second kappa shape index (κ2) is 15.4. The van der Waals surface area contributed by atoms with E-state index in [-0.39, 0.29) is 0 Å². The largest absolute Gasteiger partial charge is 0.309 e. The third kappa shape index (κ3) is 6.43. The molecular formula is C54H39O3P3. The summed E-state index contributed by atoms with van der Waals surface area (Å²) in [6.07, 6.45) is 0. The van der Waals surface area contributed by atoms with Gasteiger partial charge in [-0.3, -0.25) is 0 Å². The second-order valence-corrected chi connectivity index (χ2v) is 23.4. The first-order valence-electron chi connectivity index (χ1n) is 20.0. The van der Waals surface area contributed by atoms with Crippen LogP contribution in [0.5, 0.6) is 0 Å². The first-order valence-corrected chi connectivity index (χ1v) is 25.1. The van der Waals surface area contributed by atoms with Gasteiger partial charge in [0.2, 0.25) is 0 Å². The van der Waals surface area contributed by atoms with Crippen LogP contribution in [0, 0.1) is 0 Å². The molecule has 0 aromatic heterocycles. The van der Waals surface area contributed by atoms with Gasteiger partial charge in [0.25, 0.3) is 0 Å². The molecule has 0 amide bonds. The van der Waals surface area contributed by atoms with Crippen LogP contribution in [0.15, 0.2) is 237 Å². The first-order chi connectivity index (χ1) is 29.3. The Kier molecular flexibility index (Phi) is 9.71. The lowest BCUT2D eigenvalue weighted by Crippen LogP contribution is -2.36. The quantitative estimate of drug-likeness (QED) is 0.136. The highest BCUT2D eigenvalue weighted by atomic mass is 31.2. The van der Waals surface area contributed by atoms with Crippen LogP contribution in [-0.4, -0.2) is 0 Å². The molecular weight excluding hydrogens is 790 g/mol. The van der Waals surface area contributed by atoms with Crippen LogP contribution >= 0.6 is 21.4 Å². The van der Waals surface area contributed by atoms with Crippen molar-refractivity contribution >= 4 is 101 Å². The zero-order valence-electron chi connectivity index (χ0n) is 32.6. The van der Waals surface area contributed by atoms with Crippen LogP contribution in [0.4, 0.5) is 0 Å². The van der Waals surface area contributed by atoms with Gasteiger partial charge in [-0.15, -0.1) is 0 Å². The highest BCUT2D eigenvalue weighted by molar-refractivity contribution is 7.88. The van der Waals surface area contributed by atoms with E-state index in [1.54, 1.807) is 0 Å². The highest BCUT2D eigenvalue weighted by Gasteiger charge is 2.39. The maximum absolute atomic E-state index is 16.7. The summed E-state index contributed by atoms with van der Waals surface area (Å²) in [5, 5.41) is 11.2. The van der Waals surface area contributed by atoms with Crippen molar-refractivity contribution in [2.75, 3.05) is 0 Å². The van der Waals surface area contributed by atoms with Crippen LogP contribution in [0.25, 0.3) is 32.3 Å². The van der Waals surface area contributed by atoms with E-state index in [0.717, 1.165) is 32.3 Å². The van der Waals surface area contributed by atoms with Crippen molar-refractivity contribution < 1.29 is 13.7 Å². The van der Waals surface area contributed by atoms with Gasteiger partial charge in [-0.05, 0) is 68.7 Å². The summed E-state index contributed by atoms with van der Waals surface area (Å²) in [4.78, 5) is 0. The molecule has 3 nitrogen and oxygen atoms in total. The third-order valence-corrected chi connectivity index (χ3v) is 20.7. The van der Waals surface area contributed by atoms with Gasteiger partial charge in [0.15, 0.2) is 21.4 Å². The Labute approximate surface area is 350 Å². The predicted molar refractivity (Wildman–Crippen MR) is 257 cm³/mol. The molecule has 0 bridgehead atoms. The predicted octanol–water partition coefficient (Wildman–Crippen LogP) is 10.1. The maximum Gasteiger partial charge on any atom is 0.171 e. The minimum Gasteiger partial charge on any atom is -0.309 e. The molecule has 0 fully saturated rings. The van der Waals surface area contributed by atoms with E-state index < -0.39 is 21.4 Å². The number of benzene rings is 10. The van der Waals surface area contributed by atoms with Gasteiger partial charge in [-0.25, -0.2) is 0 Å². The van der Waals surface area contributed by atoms with E-state index >= 15 is 13.7 Å². The Balaban J connectivity index is 1.34. The van der Waals surface area contributed by atoms with E-state index in [1.807, 2.05) is 237 Å². The van der Waals surface area contributed by atoms with Crippen molar-refractivity contribution in [3.05, 3.63) is 237 Å². The van der Waals surface area contributed by atoms with E-state index in [2.05, 4.69) is 0 Å². The summed E-state index contributed by atoms with van der Waals surface area (Å²) in [6.45, 7) is 0. The highest BCUT2D eigenvalue weighted by Crippen LogP contribution is 2.49. The van der Waals surface area contributed by atoms with Crippen molar-refractivity contribution in [1.29, 1.82) is 0 Å². The molecule has 0 aliphatic rings. The standard InChI is InChI=1S/C54H39O3P3/c55-58(46-22-4-1-5-23-46,49-31-28-40-16-10-13-19-43(40)34-49)52-37-53(59(56,47-24-6-2-7-25-47)50-32-29-41-17-11-14-20-44(41)35-50)39-54(38-52)60(57,48-26-8-3-9-27-48)51-33-30-42-18-12-15-21-45(42)36-51/h1-39H. The minimum absolute atomic E-state index is 0.463. The summed E-state index contributed by atoms with van der Waals surface area (Å²) in [7, 11) is -11.3. The molecule has 3 unspecified atom stereocenters. The van der Waals surface area contributed by atoms with E-state index in [0.29, 0.717) is 47.7 Å². The fraction of sp³-hybridized carbons (Fsp3) is 0. The van der Waals surface area contributed by atoms with Crippen LogP contribution < -0.4 is 47.7 Å². The van der Waals surface area contributed by atoms with Crippen molar-refractivity contribution in [1.82, 2.24) is 0 Å². The molecule has 10 rings (SSSR count). The molecule has 0 radical (unpaired) electrons. The van der Waals surface area contributed by atoms with Gasteiger partial charge in [0.05, 0.1) is 0 Å². The SMILES string of the molecule is O=P(c1ccccc1)(c1cc(P(=O)(c2ccccc2)c2ccc3ccccc3c2)cc(P(=O)(c2ccccc2)c2ccc3ccccc3c2)c1)c1ccc2ccccc2c1. The normalized spacial score (nSPS) is 14.6. The van der Waals surface area contributed by atoms with Crippen molar-refractivity contribution in [3.8, 4) is 0 Å². The Bertz CT molecular complexity index is 2990.